The van der Waals surface area contributed by atoms with Gasteiger partial charge in [-0.15, -0.1) is 0 Å². The number of amides is 1. The molecule has 0 heterocycles. The normalized spacial score (nSPS) is 10.7. The highest BCUT2D eigenvalue weighted by Gasteiger charge is 2.04. The van der Waals surface area contributed by atoms with E-state index in [-0.39, 0.29) is 11.8 Å². The van der Waals surface area contributed by atoms with Crippen LogP contribution < -0.4 is 10.6 Å². The number of carbonyl (C=O) groups is 1. The molecule has 0 bridgehead atoms. The molecule has 1 aromatic carbocycles. The zero-order valence-corrected chi connectivity index (χ0v) is 12.0. The molecule has 3 nitrogen and oxygen atoms in total. The van der Waals surface area contributed by atoms with E-state index in [9.17, 15) is 4.79 Å². The fourth-order valence-corrected chi connectivity index (χ4v) is 1.66. The van der Waals surface area contributed by atoms with Gasteiger partial charge in [0.25, 0.3) is 0 Å². The summed E-state index contributed by atoms with van der Waals surface area (Å²) in [5.74, 6) is 0.135. The molecular weight excluding hydrogens is 248 g/mol. The maximum Gasteiger partial charge on any atom is 0.222 e. The van der Waals surface area contributed by atoms with Crippen LogP contribution in [0.2, 0.25) is 5.02 Å². The molecule has 1 aromatic rings. The number of benzene rings is 1. The summed E-state index contributed by atoms with van der Waals surface area (Å²) in [6, 6.07) is 6.04. The standard InChI is InChI=1S/C14H21ClN2O/c1-10(2)14(18)17-7-6-16-9-12-5-4-11(3)13(15)8-12/h4-5,8,10,16H,6-7,9H2,1-3H3,(H,17,18). The second-order valence-electron chi connectivity index (χ2n) is 4.71. The first-order valence-corrected chi connectivity index (χ1v) is 6.62. The first-order chi connectivity index (χ1) is 8.50. The summed E-state index contributed by atoms with van der Waals surface area (Å²) in [4.78, 5) is 11.3. The molecule has 0 saturated carbocycles. The van der Waals surface area contributed by atoms with Gasteiger partial charge >= 0.3 is 0 Å². The van der Waals surface area contributed by atoms with Gasteiger partial charge in [-0.25, -0.2) is 0 Å². The van der Waals surface area contributed by atoms with E-state index in [1.54, 1.807) is 0 Å². The highest BCUT2D eigenvalue weighted by molar-refractivity contribution is 6.31. The number of halogens is 1. The fourth-order valence-electron chi connectivity index (χ4n) is 1.46. The Bertz CT molecular complexity index is 405. The van der Waals surface area contributed by atoms with Gasteiger partial charge in [-0.3, -0.25) is 4.79 Å². The van der Waals surface area contributed by atoms with Crippen molar-refractivity contribution < 1.29 is 4.79 Å². The first-order valence-electron chi connectivity index (χ1n) is 6.24. The monoisotopic (exact) mass is 268 g/mol. The van der Waals surface area contributed by atoms with E-state index < -0.39 is 0 Å². The number of carbonyl (C=O) groups excluding carboxylic acids is 1. The van der Waals surface area contributed by atoms with Crippen LogP contribution in [0.4, 0.5) is 0 Å². The maximum atomic E-state index is 11.3. The van der Waals surface area contributed by atoms with Gasteiger partial charge in [0, 0.05) is 30.6 Å². The number of aryl methyl sites for hydroxylation is 1. The average Bonchev–Trinajstić information content (AvgIpc) is 2.32. The van der Waals surface area contributed by atoms with Crippen molar-refractivity contribution in [1.29, 1.82) is 0 Å². The molecular formula is C14H21ClN2O. The second-order valence-corrected chi connectivity index (χ2v) is 5.11. The van der Waals surface area contributed by atoms with Crippen LogP contribution in [0.25, 0.3) is 0 Å². The van der Waals surface area contributed by atoms with Gasteiger partial charge in [0.05, 0.1) is 0 Å². The molecule has 0 aliphatic carbocycles. The zero-order chi connectivity index (χ0) is 13.5. The molecule has 4 heteroatoms. The number of rotatable bonds is 6. The van der Waals surface area contributed by atoms with E-state index in [2.05, 4.69) is 16.7 Å². The number of nitrogens with one attached hydrogen (secondary N) is 2. The van der Waals surface area contributed by atoms with E-state index >= 15 is 0 Å². The average molecular weight is 269 g/mol. The predicted octanol–water partition coefficient (Wildman–Crippen LogP) is 2.51. The van der Waals surface area contributed by atoms with Crippen LogP contribution in [0.3, 0.4) is 0 Å². The van der Waals surface area contributed by atoms with Crippen molar-refractivity contribution in [3.05, 3.63) is 34.3 Å². The highest BCUT2D eigenvalue weighted by atomic mass is 35.5. The fraction of sp³-hybridized carbons (Fsp3) is 0.500. The molecule has 0 atom stereocenters. The Hall–Kier alpha value is -1.06. The van der Waals surface area contributed by atoms with Gasteiger partial charge in [0.15, 0.2) is 0 Å². The van der Waals surface area contributed by atoms with Crippen LogP contribution in [-0.2, 0) is 11.3 Å². The Labute approximate surface area is 114 Å². The minimum absolute atomic E-state index is 0.0425. The lowest BCUT2D eigenvalue weighted by Crippen LogP contribution is -2.34. The topological polar surface area (TPSA) is 41.1 Å². The van der Waals surface area contributed by atoms with Crippen LogP contribution in [0, 0.1) is 12.8 Å². The molecule has 0 spiro atoms. The van der Waals surface area contributed by atoms with E-state index in [0.29, 0.717) is 6.54 Å². The lowest BCUT2D eigenvalue weighted by Gasteiger charge is -2.09. The summed E-state index contributed by atoms with van der Waals surface area (Å²) in [5.41, 5.74) is 2.24. The molecule has 1 amide bonds. The Morgan fingerprint density at radius 1 is 1.33 bits per heavy atom. The van der Waals surface area contributed by atoms with Gasteiger partial charge in [-0.1, -0.05) is 37.6 Å². The third-order valence-electron chi connectivity index (χ3n) is 2.69. The van der Waals surface area contributed by atoms with Crippen molar-refractivity contribution in [2.24, 2.45) is 5.92 Å². The van der Waals surface area contributed by atoms with E-state index in [4.69, 9.17) is 11.6 Å². The summed E-state index contributed by atoms with van der Waals surface area (Å²) >= 11 is 6.05. The Balaban J connectivity index is 2.22. The first kappa shape index (κ1) is 15.0. The van der Waals surface area contributed by atoms with Gasteiger partial charge in [-0.05, 0) is 24.1 Å². The third-order valence-corrected chi connectivity index (χ3v) is 3.10. The summed E-state index contributed by atoms with van der Waals surface area (Å²) in [6.07, 6.45) is 0. The smallest absolute Gasteiger partial charge is 0.222 e. The lowest BCUT2D eigenvalue weighted by atomic mass is 10.1. The van der Waals surface area contributed by atoms with E-state index in [0.717, 1.165) is 29.2 Å². The third kappa shape index (κ3) is 5.07. The molecule has 0 aromatic heterocycles. The predicted molar refractivity (Wildman–Crippen MR) is 75.7 cm³/mol. The maximum absolute atomic E-state index is 11.3. The number of hydrogen-bond acceptors (Lipinski definition) is 2. The summed E-state index contributed by atoms with van der Waals surface area (Å²) in [5, 5.41) is 6.92. The van der Waals surface area contributed by atoms with Crippen LogP contribution >= 0.6 is 11.6 Å². The molecule has 0 saturated heterocycles. The number of hydrogen-bond donors (Lipinski definition) is 2. The van der Waals surface area contributed by atoms with Crippen molar-refractivity contribution in [2.75, 3.05) is 13.1 Å². The van der Waals surface area contributed by atoms with E-state index in [1.165, 1.54) is 0 Å². The molecule has 0 unspecified atom stereocenters. The minimum atomic E-state index is 0.0425. The van der Waals surface area contributed by atoms with Crippen molar-refractivity contribution >= 4 is 17.5 Å². The van der Waals surface area contributed by atoms with Crippen molar-refractivity contribution in [2.45, 2.75) is 27.3 Å². The van der Waals surface area contributed by atoms with Gasteiger partial charge in [-0.2, -0.15) is 0 Å². The van der Waals surface area contributed by atoms with Gasteiger partial charge < -0.3 is 10.6 Å². The Morgan fingerprint density at radius 2 is 2.06 bits per heavy atom. The van der Waals surface area contributed by atoms with Crippen LogP contribution in [0.5, 0.6) is 0 Å². The zero-order valence-electron chi connectivity index (χ0n) is 11.2. The van der Waals surface area contributed by atoms with Crippen LogP contribution in [0.1, 0.15) is 25.0 Å². The van der Waals surface area contributed by atoms with Gasteiger partial charge in [0.1, 0.15) is 0 Å². The summed E-state index contributed by atoms with van der Waals surface area (Å²) in [7, 11) is 0. The Kier molecular flexibility index (Phi) is 6.16. The van der Waals surface area contributed by atoms with Crippen molar-refractivity contribution in [1.82, 2.24) is 10.6 Å². The Morgan fingerprint density at radius 3 is 2.67 bits per heavy atom. The minimum Gasteiger partial charge on any atom is -0.355 e. The molecule has 1 rings (SSSR count). The molecule has 100 valence electrons. The summed E-state index contributed by atoms with van der Waals surface area (Å²) in [6.45, 7) is 7.92. The molecule has 2 N–H and O–H groups in total. The van der Waals surface area contributed by atoms with Crippen LogP contribution in [0.15, 0.2) is 18.2 Å². The molecule has 0 radical (unpaired) electrons. The highest BCUT2D eigenvalue weighted by Crippen LogP contribution is 2.16. The molecule has 0 fully saturated rings. The SMILES string of the molecule is Cc1ccc(CNCCNC(=O)C(C)C)cc1Cl. The van der Waals surface area contributed by atoms with Crippen molar-refractivity contribution in [3.8, 4) is 0 Å². The molecule has 0 aliphatic heterocycles. The van der Waals surface area contributed by atoms with E-state index in [1.807, 2.05) is 32.9 Å². The molecule has 18 heavy (non-hydrogen) atoms. The quantitative estimate of drug-likeness (QED) is 0.779. The lowest BCUT2D eigenvalue weighted by molar-refractivity contribution is -0.123. The largest absolute Gasteiger partial charge is 0.355 e. The van der Waals surface area contributed by atoms with Crippen molar-refractivity contribution in [3.63, 3.8) is 0 Å². The summed E-state index contributed by atoms with van der Waals surface area (Å²) < 4.78 is 0. The van der Waals surface area contributed by atoms with Crippen LogP contribution in [-0.4, -0.2) is 19.0 Å². The second kappa shape index (κ2) is 7.39. The molecule has 0 aliphatic rings. The van der Waals surface area contributed by atoms with Gasteiger partial charge in [0.2, 0.25) is 5.91 Å².